The van der Waals surface area contributed by atoms with Gasteiger partial charge in [0.15, 0.2) is 0 Å². The third-order valence-electron chi connectivity index (χ3n) is 4.23. The van der Waals surface area contributed by atoms with Crippen molar-refractivity contribution in [3.05, 3.63) is 65.4 Å². The second-order valence-corrected chi connectivity index (χ2v) is 11.7. The lowest BCUT2D eigenvalue weighted by Gasteiger charge is -2.26. The Morgan fingerprint density at radius 2 is 1.53 bits per heavy atom. The standard InChI is InChI=1S/C18H22Si/c1-19(2,3)18-16-12-8-7-11-15(13-16)17(18)14-9-5-4-6-10-14/h4-12,15-16H,13H2,1-3H3. The fraction of sp³-hybridized carbons (Fsp3) is 0.333. The molecule has 2 aliphatic carbocycles. The van der Waals surface area contributed by atoms with Gasteiger partial charge in [-0.15, -0.1) is 0 Å². The van der Waals surface area contributed by atoms with Crippen molar-refractivity contribution in [2.24, 2.45) is 11.8 Å². The third kappa shape index (κ3) is 2.28. The van der Waals surface area contributed by atoms with Crippen molar-refractivity contribution in [3.63, 3.8) is 0 Å². The van der Waals surface area contributed by atoms with Gasteiger partial charge in [-0.3, -0.25) is 0 Å². The fourth-order valence-electron chi connectivity index (χ4n) is 3.60. The van der Waals surface area contributed by atoms with Crippen LogP contribution in [0.5, 0.6) is 0 Å². The van der Waals surface area contributed by atoms with Crippen LogP contribution >= 0.6 is 0 Å². The van der Waals surface area contributed by atoms with Crippen LogP contribution in [0.1, 0.15) is 12.0 Å². The van der Waals surface area contributed by atoms with Crippen LogP contribution in [0.25, 0.3) is 5.57 Å². The summed E-state index contributed by atoms with van der Waals surface area (Å²) in [5.74, 6) is 1.28. The molecule has 1 aromatic rings. The van der Waals surface area contributed by atoms with E-state index in [1.54, 1.807) is 10.8 Å². The molecule has 19 heavy (non-hydrogen) atoms. The van der Waals surface area contributed by atoms with E-state index in [9.17, 15) is 0 Å². The van der Waals surface area contributed by atoms with Gasteiger partial charge in [0.1, 0.15) is 0 Å². The quantitative estimate of drug-likeness (QED) is 0.655. The minimum atomic E-state index is -1.28. The summed E-state index contributed by atoms with van der Waals surface area (Å²) in [5, 5.41) is 1.77. The van der Waals surface area contributed by atoms with Crippen LogP contribution in [0.2, 0.25) is 19.6 Å². The van der Waals surface area contributed by atoms with Crippen LogP contribution < -0.4 is 0 Å². The lowest BCUT2D eigenvalue weighted by atomic mass is 9.94. The number of fused-ring (bicyclic) bond motifs is 2. The van der Waals surface area contributed by atoms with Gasteiger partial charge in [-0.1, -0.05) is 79.5 Å². The van der Waals surface area contributed by atoms with Crippen LogP contribution in [0.3, 0.4) is 0 Å². The Bertz CT molecular complexity index is 555. The molecule has 0 radical (unpaired) electrons. The van der Waals surface area contributed by atoms with E-state index in [2.05, 4.69) is 74.3 Å². The molecule has 0 heterocycles. The zero-order valence-electron chi connectivity index (χ0n) is 12.1. The highest BCUT2D eigenvalue weighted by Crippen LogP contribution is 2.48. The van der Waals surface area contributed by atoms with E-state index in [4.69, 9.17) is 0 Å². The molecule has 0 N–H and O–H groups in total. The zero-order chi connectivity index (χ0) is 13.5. The molecule has 1 aromatic carbocycles. The maximum Gasteiger partial charge on any atom is 0.0736 e. The largest absolute Gasteiger partial charge is 0.0777 e. The predicted molar refractivity (Wildman–Crippen MR) is 86.6 cm³/mol. The van der Waals surface area contributed by atoms with Gasteiger partial charge in [-0.05, 0) is 23.5 Å². The molecular weight excluding hydrogens is 244 g/mol. The van der Waals surface area contributed by atoms with Crippen molar-refractivity contribution in [1.29, 1.82) is 0 Å². The molecule has 0 aromatic heterocycles. The number of benzene rings is 1. The van der Waals surface area contributed by atoms with E-state index in [0.29, 0.717) is 11.8 Å². The molecule has 0 spiro atoms. The van der Waals surface area contributed by atoms with Gasteiger partial charge in [-0.25, -0.2) is 0 Å². The van der Waals surface area contributed by atoms with E-state index in [-0.39, 0.29) is 0 Å². The summed E-state index contributed by atoms with van der Waals surface area (Å²) in [5.41, 5.74) is 3.07. The molecule has 0 aliphatic heterocycles. The Hall–Kier alpha value is -1.34. The van der Waals surface area contributed by atoms with Gasteiger partial charge in [-0.2, -0.15) is 0 Å². The molecule has 0 nitrogen and oxygen atoms in total. The Labute approximate surface area is 117 Å². The molecule has 3 rings (SSSR count). The summed E-state index contributed by atoms with van der Waals surface area (Å²) >= 11 is 0. The Balaban J connectivity index is 2.20. The van der Waals surface area contributed by atoms with E-state index in [0.717, 1.165) is 0 Å². The number of hydrogen-bond donors (Lipinski definition) is 0. The molecular formula is C18H22Si. The lowest BCUT2D eigenvalue weighted by Crippen LogP contribution is -2.27. The summed E-state index contributed by atoms with van der Waals surface area (Å²) in [6.07, 6.45) is 10.6. The Morgan fingerprint density at radius 3 is 2.16 bits per heavy atom. The first-order valence-electron chi connectivity index (χ1n) is 7.22. The average molecular weight is 266 g/mol. The molecule has 2 bridgehead atoms. The number of hydrogen-bond acceptors (Lipinski definition) is 0. The smallest absolute Gasteiger partial charge is 0.0736 e. The fourth-order valence-corrected chi connectivity index (χ4v) is 6.07. The van der Waals surface area contributed by atoms with E-state index in [1.807, 2.05) is 0 Å². The van der Waals surface area contributed by atoms with Crippen molar-refractivity contribution in [1.82, 2.24) is 0 Å². The molecule has 0 saturated carbocycles. The van der Waals surface area contributed by atoms with Crippen molar-refractivity contribution in [3.8, 4) is 0 Å². The van der Waals surface area contributed by atoms with Crippen LogP contribution in [-0.2, 0) is 0 Å². The van der Waals surface area contributed by atoms with Crippen LogP contribution in [0.4, 0.5) is 0 Å². The summed E-state index contributed by atoms with van der Waals surface area (Å²) in [7, 11) is -1.28. The summed E-state index contributed by atoms with van der Waals surface area (Å²) in [6, 6.07) is 11.0. The minimum absolute atomic E-state index is 0.615. The van der Waals surface area contributed by atoms with Gasteiger partial charge in [0, 0.05) is 5.92 Å². The number of rotatable bonds is 2. The number of allylic oxidation sites excluding steroid dienone is 6. The summed E-state index contributed by atoms with van der Waals surface area (Å²) in [6.45, 7) is 7.46. The molecule has 2 atom stereocenters. The molecule has 2 unspecified atom stereocenters. The molecule has 0 fully saturated rings. The maximum atomic E-state index is 2.49. The molecule has 1 heteroatoms. The Kier molecular flexibility index (Phi) is 3.10. The van der Waals surface area contributed by atoms with Crippen LogP contribution in [-0.4, -0.2) is 8.07 Å². The van der Waals surface area contributed by atoms with Gasteiger partial charge in [0.05, 0.1) is 8.07 Å². The normalized spacial score (nSPS) is 25.8. The van der Waals surface area contributed by atoms with Crippen molar-refractivity contribution < 1.29 is 0 Å². The summed E-state index contributed by atoms with van der Waals surface area (Å²) < 4.78 is 0. The third-order valence-corrected chi connectivity index (χ3v) is 6.49. The second kappa shape index (κ2) is 4.64. The average Bonchev–Trinajstić information content (AvgIpc) is 2.55. The van der Waals surface area contributed by atoms with Crippen molar-refractivity contribution >= 4 is 13.6 Å². The monoisotopic (exact) mass is 266 g/mol. The topological polar surface area (TPSA) is 0 Å². The van der Waals surface area contributed by atoms with E-state index in [1.165, 1.54) is 12.0 Å². The first-order valence-corrected chi connectivity index (χ1v) is 10.7. The highest BCUT2D eigenvalue weighted by atomic mass is 28.3. The minimum Gasteiger partial charge on any atom is -0.0777 e. The molecule has 98 valence electrons. The first-order chi connectivity index (χ1) is 9.07. The van der Waals surface area contributed by atoms with Crippen molar-refractivity contribution in [2.75, 3.05) is 0 Å². The van der Waals surface area contributed by atoms with E-state index < -0.39 is 8.07 Å². The zero-order valence-corrected chi connectivity index (χ0v) is 13.1. The maximum absolute atomic E-state index is 2.49. The first kappa shape index (κ1) is 12.7. The highest BCUT2D eigenvalue weighted by Gasteiger charge is 2.38. The van der Waals surface area contributed by atoms with Gasteiger partial charge < -0.3 is 0 Å². The molecule has 0 saturated heterocycles. The SMILES string of the molecule is C[Si](C)(C)C1=C(c2ccccc2)C2C=CC=CC1C2. The van der Waals surface area contributed by atoms with Crippen LogP contribution in [0.15, 0.2) is 59.8 Å². The summed E-state index contributed by atoms with van der Waals surface area (Å²) in [4.78, 5) is 0. The lowest BCUT2D eigenvalue weighted by molar-refractivity contribution is 0.681. The van der Waals surface area contributed by atoms with Gasteiger partial charge >= 0.3 is 0 Å². The van der Waals surface area contributed by atoms with Crippen LogP contribution in [0, 0.1) is 11.8 Å². The Morgan fingerprint density at radius 1 is 0.895 bits per heavy atom. The molecule has 2 aliphatic rings. The highest BCUT2D eigenvalue weighted by molar-refractivity contribution is 6.84. The second-order valence-electron chi connectivity index (χ2n) is 6.66. The molecule has 0 amide bonds. The van der Waals surface area contributed by atoms with Gasteiger partial charge in [0.2, 0.25) is 0 Å². The predicted octanol–water partition coefficient (Wildman–Crippen LogP) is 5.08. The van der Waals surface area contributed by atoms with Crippen molar-refractivity contribution in [2.45, 2.75) is 26.1 Å². The van der Waals surface area contributed by atoms with Gasteiger partial charge in [0.25, 0.3) is 0 Å². The van der Waals surface area contributed by atoms with E-state index >= 15 is 0 Å².